The second-order valence-corrected chi connectivity index (χ2v) is 6.37. The molecule has 0 bridgehead atoms. The fourth-order valence-corrected chi connectivity index (χ4v) is 2.63. The number of nitrogens with two attached hydrogens (primary N) is 1. The minimum Gasteiger partial charge on any atom is -0.408 e. The molecule has 2 N–H and O–H groups in total. The molecule has 5 nitrogen and oxygen atoms in total. The van der Waals surface area contributed by atoms with E-state index in [1.807, 2.05) is 13.8 Å². The van der Waals surface area contributed by atoms with Crippen LogP contribution in [-0.2, 0) is 13.9 Å². The minimum absolute atomic E-state index is 0.213. The summed E-state index contributed by atoms with van der Waals surface area (Å²) in [6.07, 6.45) is -1.04. The number of hydrogen-bond acceptors (Lipinski definition) is 4. The lowest BCUT2D eigenvalue weighted by molar-refractivity contribution is -0.0258. The van der Waals surface area contributed by atoms with Crippen molar-refractivity contribution in [2.45, 2.75) is 50.4 Å². The third-order valence-electron chi connectivity index (χ3n) is 2.66. The van der Waals surface area contributed by atoms with Crippen LogP contribution in [0.1, 0.15) is 20.8 Å². The van der Waals surface area contributed by atoms with Gasteiger partial charge in [0.15, 0.2) is 11.9 Å². The van der Waals surface area contributed by atoms with Crippen LogP contribution in [0, 0.1) is 0 Å². The number of alkyl halides is 1. The molecule has 0 amide bonds. The Morgan fingerprint density at radius 3 is 2.78 bits per heavy atom. The standard InChI is InChI=1S/C11H21FN2O3Si/c1-7(2)18-17-9-8(5-15-4)16-10(14-6-13)11(9,3)12/h6-10H,5H2,1-4H3,(H2,13,14)/t8-,9-,10-,11-/m1/s1. The maximum atomic E-state index is 14.7. The van der Waals surface area contributed by atoms with Gasteiger partial charge in [0.1, 0.15) is 12.2 Å². The second kappa shape index (κ2) is 6.60. The molecule has 0 spiro atoms. The number of nitrogens with zero attached hydrogens (tertiary/aromatic N) is 1. The molecule has 1 heterocycles. The van der Waals surface area contributed by atoms with Gasteiger partial charge in [-0.15, -0.1) is 0 Å². The second-order valence-electron chi connectivity index (χ2n) is 4.74. The van der Waals surface area contributed by atoms with Gasteiger partial charge in [-0.05, 0) is 12.5 Å². The lowest BCUT2D eigenvalue weighted by Crippen LogP contribution is -2.44. The molecule has 1 rings (SSSR count). The van der Waals surface area contributed by atoms with Crippen LogP contribution in [0.25, 0.3) is 0 Å². The number of halogens is 1. The molecule has 0 aromatic rings. The van der Waals surface area contributed by atoms with E-state index in [-0.39, 0.29) is 16.4 Å². The zero-order valence-corrected chi connectivity index (χ0v) is 12.2. The molecule has 7 heteroatoms. The molecule has 0 saturated carbocycles. The molecule has 2 radical (unpaired) electrons. The van der Waals surface area contributed by atoms with Crippen molar-refractivity contribution in [3.8, 4) is 0 Å². The van der Waals surface area contributed by atoms with Gasteiger partial charge in [-0.25, -0.2) is 9.38 Å². The van der Waals surface area contributed by atoms with Crippen LogP contribution < -0.4 is 5.73 Å². The first-order chi connectivity index (χ1) is 8.43. The summed E-state index contributed by atoms with van der Waals surface area (Å²) < 4.78 is 30.9. The highest BCUT2D eigenvalue weighted by Gasteiger charge is 2.55. The van der Waals surface area contributed by atoms with E-state index in [0.29, 0.717) is 5.54 Å². The Morgan fingerprint density at radius 1 is 1.61 bits per heavy atom. The van der Waals surface area contributed by atoms with Gasteiger partial charge in [0, 0.05) is 7.11 Å². The van der Waals surface area contributed by atoms with Crippen molar-refractivity contribution in [3.05, 3.63) is 0 Å². The van der Waals surface area contributed by atoms with Gasteiger partial charge < -0.3 is 19.6 Å². The zero-order chi connectivity index (χ0) is 13.8. The Bertz CT molecular complexity index is 289. The average molecular weight is 276 g/mol. The van der Waals surface area contributed by atoms with E-state index in [4.69, 9.17) is 19.6 Å². The van der Waals surface area contributed by atoms with Crippen LogP contribution in [0.4, 0.5) is 4.39 Å². The molecule has 0 aliphatic carbocycles. The maximum Gasteiger partial charge on any atom is 0.233 e. The molecule has 1 aliphatic heterocycles. The molecule has 1 fully saturated rings. The molecule has 0 aromatic carbocycles. The Labute approximate surface area is 110 Å². The van der Waals surface area contributed by atoms with Gasteiger partial charge in [0.2, 0.25) is 9.76 Å². The van der Waals surface area contributed by atoms with Crippen LogP contribution in [0.2, 0.25) is 5.54 Å². The normalized spacial score (nSPS) is 36.9. The number of rotatable bonds is 6. The van der Waals surface area contributed by atoms with E-state index < -0.39 is 24.1 Å². The summed E-state index contributed by atoms with van der Waals surface area (Å²) in [6, 6.07) is 0. The van der Waals surface area contributed by atoms with E-state index in [0.717, 1.165) is 6.34 Å². The van der Waals surface area contributed by atoms with Crippen LogP contribution >= 0.6 is 0 Å². The van der Waals surface area contributed by atoms with Crippen molar-refractivity contribution in [2.24, 2.45) is 10.7 Å². The van der Waals surface area contributed by atoms with E-state index in [9.17, 15) is 4.39 Å². The average Bonchev–Trinajstić information content (AvgIpc) is 2.49. The Balaban J connectivity index is 2.78. The topological polar surface area (TPSA) is 66.1 Å². The largest absolute Gasteiger partial charge is 0.408 e. The van der Waals surface area contributed by atoms with E-state index in [1.165, 1.54) is 6.92 Å². The summed E-state index contributed by atoms with van der Waals surface area (Å²) in [5.74, 6) is 0. The zero-order valence-electron chi connectivity index (χ0n) is 11.2. The number of ether oxygens (including phenoxy) is 2. The molecule has 104 valence electrons. The Hall–Kier alpha value is -0.503. The van der Waals surface area contributed by atoms with Gasteiger partial charge in [-0.3, -0.25) is 0 Å². The lowest BCUT2D eigenvalue weighted by atomic mass is 9.99. The van der Waals surface area contributed by atoms with Crippen LogP contribution in [-0.4, -0.2) is 53.9 Å². The van der Waals surface area contributed by atoms with Gasteiger partial charge in [-0.2, -0.15) is 0 Å². The summed E-state index contributed by atoms with van der Waals surface area (Å²) in [6.45, 7) is 5.73. The molecule has 1 saturated heterocycles. The quantitative estimate of drug-likeness (QED) is 0.445. The highest BCUT2D eigenvalue weighted by molar-refractivity contribution is 6.29. The van der Waals surface area contributed by atoms with Crippen LogP contribution in [0.3, 0.4) is 0 Å². The fraction of sp³-hybridized carbons (Fsp3) is 0.909. The number of hydrogen-bond donors (Lipinski definition) is 1. The molecule has 0 aromatic heterocycles. The first-order valence-corrected chi connectivity index (χ1v) is 6.89. The first-order valence-electron chi connectivity index (χ1n) is 5.91. The molecule has 1 aliphatic rings. The maximum absolute atomic E-state index is 14.7. The monoisotopic (exact) mass is 276 g/mol. The van der Waals surface area contributed by atoms with Crippen molar-refractivity contribution in [1.29, 1.82) is 0 Å². The highest BCUT2D eigenvalue weighted by Crippen LogP contribution is 2.37. The van der Waals surface area contributed by atoms with Crippen LogP contribution in [0.5, 0.6) is 0 Å². The Morgan fingerprint density at radius 2 is 2.28 bits per heavy atom. The van der Waals surface area contributed by atoms with E-state index in [2.05, 4.69) is 4.99 Å². The molecule has 18 heavy (non-hydrogen) atoms. The Kier molecular flexibility index (Phi) is 5.70. The van der Waals surface area contributed by atoms with Crippen molar-refractivity contribution in [2.75, 3.05) is 13.7 Å². The SMILES string of the molecule is COC[C@H]1O[C@@H](N=CN)[C@](C)(F)[C@@H]1O[Si]C(C)C. The van der Waals surface area contributed by atoms with Crippen LogP contribution in [0.15, 0.2) is 4.99 Å². The summed E-state index contributed by atoms with van der Waals surface area (Å²) in [4.78, 5) is 3.81. The summed E-state index contributed by atoms with van der Waals surface area (Å²) in [7, 11) is 1.75. The van der Waals surface area contributed by atoms with E-state index in [1.54, 1.807) is 7.11 Å². The molecule has 0 unspecified atom stereocenters. The third kappa shape index (κ3) is 3.50. The van der Waals surface area contributed by atoms with Crippen molar-refractivity contribution in [3.63, 3.8) is 0 Å². The van der Waals surface area contributed by atoms with Gasteiger partial charge in [-0.1, -0.05) is 13.8 Å². The van der Waals surface area contributed by atoms with Crippen molar-refractivity contribution >= 4 is 16.1 Å². The first kappa shape index (κ1) is 15.6. The van der Waals surface area contributed by atoms with Gasteiger partial charge in [0.05, 0.1) is 12.9 Å². The number of methoxy groups -OCH3 is 1. The minimum atomic E-state index is -1.71. The predicted molar refractivity (Wildman–Crippen MR) is 68.5 cm³/mol. The van der Waals surface area contributed by atoms with Crippen molar-refractivity contribution < 1.29 is 18.3 Å². The predicted octanol–water partition coefficient (Wildman–Crippen LogP) is 0.906. The highest BCUT2D eigenvalue weighted by atomic mass is 28.2. The molecular formula is C11H21FN2O3Si. The lowest BCUT2D eigenvalue weighted by Gasteiger charge is -2.26. The molecule has 4 atom stereocenters. The smallest absolute Gasteiger partial charge is 0.233 e. The summed E-state index contributed by atoms with van der Waals surface area (Å²) in [5, 5.41) is 0. The number of aliphatic imine (C=N–C) groups is 1. The third-order valence-corrected chi connectivity index (χ3v) is 3.53. The fourth-order valence-electron chi connectivity index (χ4n) is 1.82. The summed E-state index contributed by atoms with van der Waals surface area (Å²) >= 11 is 0. The van der Waals surface area contributed by atoms with Gasteiger partial charge in [0.25, 0.3) is 0 Å². The molecular weight excluding hydrogens is 255 g/mol. The van der Waals surface area contributed by atoms with Crippen molar-refractivity contribution in [1.82, 2.24) is 0 Å². The van der Waals surface area contributed by atoms with Gasteiger partial charge >= 0.3 is 0 Å². The van der Waals surface area contributed by atoms with E-state index >= 15 is 0 Å². The summed E-state index contributed by atoms with van der Waals surface area (Å²) in [5.41, 5.74) is 3.85.